The number of imide groups is 1. The number of nitrogens with one attached hydrogen (secondary N) is 2. The van der Waals surface area contributed by atoms with E-state index in [1.165, 1.54) is 13.5 Å². The van der Waals surface area contributed by atoms with Crippen molar-refractivity contribution in [3.8, 4) is 11.5 Å². The third kappa shape index (κ3) is 7.85. The first-order chi connectivity index (χ1) is 14.0. The summed E-state index contributed by atoms with van der Waals surface area (Å²) in [6.07, 6.45) is 7.57. The van der Waals surface area contributed by atoms with Gasteiger partial charge in [0.1, 0.15) is 0 Å². The Labute approximate surface area is 170 Å². The van der Waals surface area contributed by atoms with Crippen LogP contribution >= 0.6 is 0 Å². The van der Waals surface area contributed by atoms with Gasteiger partial charge in [-0.15, -0.1) is 6.58 Å². The maximum Gasteiger partial charge on any atom is 0.344 e. The lowest BCUT2D eigenvalue weighted by atomic mass is 9.96. The Balaban J connectivity index is 1.70. The second kappa shape index (κ2) is 11.7. The molecule has 0 heterocycles. The second-order valence-corrected chi connectivity index (χ2v) is 6.78. The van der Waals surface area contributed by atoms with Crippen molar-refractivity contribution in [3.05, 3.63) is 36.4 Å². The molecular weight excluding hydrogens is 376 g/mol. The monoisotopic (exact) mass is 404 g/mol. The van der Waals surface area contributed by atoms with Gasteiger partial charge in [-0.3, -0.25) is 10.1 Å². The van der Waals surface area contributed by atoms with Crippen molar-refractivity contribution in [2.24, 2.45) is 0 Å². The highest BCUT2D eigenvalue weighted by Gasteiger charge is 2.18. The average Bonchev–Trinajstić information content (AvgIpc) is 2.72. The molecule has 29 heavy (non-hydrogen) atoms. The lowest BCUT2D eigenvalue weighted by Gasteiger charge is -2.22. The van der Waals surface area contributed by atoms with Gasteiger partial charge >= 0.3 is 12.0 Å². The smallest absolute Gasteiger partial charge is 0.344 e. The fourth-order valence-corrected chi connectivity index (χ4v) is 3.08. The van der Waals surface area contributed by atoms with Crippen LogP contribution in [0.3, 0.4) is 0 Å². The van der Waals surface area contributed by atoms with Crippen LogP contribution in [0.2, 0.25) is 0 Å². The molecule has 1 aromatic carbocycles. The summed E-state index contributed by atoms with van der Waals surface area (Å²) in [5.41, 5.74) is 0.995. The summed E-state index contributed by atoms with van der Waals surface area (Å²) in [6, 6.07) is 4.83. The topological polar surface area (TPSA) is 103 Å². The molecule has 0 aromatic heterocycles. The summed E-state index contributed by atoms with van der Waals surface area (Å²) in [7, 11) is 1.50. The van der Waals surface area contributed by atoms with Gasteiger partial charge in [-0.1, -0.05) is 31.4 Å². The molecule has 0 aliphatic heterocycles. The molecule has 0 bridgehead atoms. The van der Waals surface area contributed by atoms with E-state index in [1.807, 2.05) is 6.07 Å². The number of amides is 3. The minimum Gasteiger partial charge on any atom is -0.493 e. The molecule has 0 saturated heterocycles. The lowest BCUT2D eigenvalue weighted by molar-refractivity contribution is -0.150. The van der Waals surface area contributed by atoms with E-state index in [9.17, 15) is 14.4 Å². The number of carbonyl (C=O) groups is 3. The van der Waals surface area contributed by atoms with Gasteiger partial charge < -0.3 is 19.5 Å². The summed E-state index contributed by atoms with van der Waals surface area (Å²) in [5, 5.41) is 4.91. The zero-order valence-electron chi connectivity index (χ0n) is 16.7. The second-order valence-electron chi connectivity index (χ2n) is 6.78. The van der Waals surface area contributed by atoms with Crippen molar-refractivity contribution in [2.75, 3.05) is 20.3 Å². The molecule has 8 heteroatoms. The molecule has 0 spiro atoms. The van der Waals surface area contributed by atoms with Crippen molar-refractivity contribution in [1.29, 1.82) is 0 Å². The first kappa shape index (κ1) is 22.3. The molecule has 0 unspecified atom stereocenters. The van der Waals surface area contributed by atoms with Crippen molar-refractivity contribution < 1.29 is 28.6 Å². The minimum absolute atomic E-state index is 0.0837. The van der Waals surface area contributed by atoms with E-state index >= 15 is 0 Å². The van der Waals surface area contributed by atoms with Gasteiger partial charge in [0.05, 0.1) is 7.11 Å². The molecule has 3 amide bonds. The van der Waals surface area contributed by atoms with E-state index in [0.717, 1.165) is 31.2 Å². The number of rotatable bonds is 9. The highest BCUT2D eigenvalue weighted by atomic mass is 16.6. The Morgan fingerprint density at radius 1 is 1.14 bits per heavy atom. The van der Waals surface area contributed by atoms with Gasteiger partial charge in [0, 0.05) is 6.04 Å². The molecule has 1 aliphatic rings. The van der Waals surface area contributed by atoms with E-state index in [4.69, 9.17) is 14.2 Å². The van der Waals surface area contributed by atoms with Crippen LogP contribution in [0.5, 0.6) is 11.5 Å². The molecule has 1 aromatic rings. The van der Waals surface area contributed by atoms with Gasteiger partial charge in [0.25, 0.3) is 5.91 Å². The van der Waals surface area contributed by atoms with Crippen molar-refractivity contribution >= 4 is 17.9 Å². The molecular formula is C21H28N2O6. The normalized spacial score (nSPS) is 13.8. The molecule has 2 N–H and O–H groups in total. The molecule has 158 valence electrons. The van der Waals surface area contributed by atoms with Crippen molar-refractivity contribution in [2.45, 2.75) is 44.6 Å². The van der Waals surface area contributed by atoms with Crippen LogP contribution in [0, 0.1) is 0 Å². The minimum atomic E-state index is -0.731. The van der Waals surface area contributed by atoms with Crippen molar-refractivity contribution in [1.82, 2.24) is 10.6 Å². The van der Waals surface area contributed by atoms with E-state index < -0.39 is 31.1 Å². The number of methoxy groups -OCH3 is 1. The van der Waals surface area contributed by atoms with Gasteiger partial charge in [0.2, 0.25) is 0 Å². The summed E-state index contributed by atoms with van der Waals surface area (Å²) in [5.74, 6) is -0.564. The number of carbonyl (C=O) groups excluding carboxylic acids is 3. The summed E-state index contributed by atoms with van der Waals surface area (Å²) < 4.78 is 15.5. The molecule has 1 saturated carbocycles. The number of hydrogen-bond acceptors (Lipinski definition) is 6. The first-order valence-corrected chi connectivity index (χ1v) is 9.68. The molecule has 1 fully saturated rings. The molecule has 0 radical (unpaired) electrons. The van der Waals surface area contributed by atoms with Gasteiger partial charge in [-0.2, -0.15) is 0 Å². The Kier molecular flexibility index (Phi) is 9.01. The SMILES string of the molecule is C=CCc1ccc(OCC(=O)OCC(=O)NC(=O)NC2CCCCC2)c(OC)c1. The first-order valence-electron chi connectivity index (χ1n) is 9.68. The van der Waals surface area contributed by atoms with Crippen molar-refractivity contribution in [3.63, 3.8) is 0 Å². The predicted octanol–water partition coefficient (Wildman–Crippen LogP) is 2.50. The van der Waals surface area contributed by atoms with Crippen LogP contribution in [0.15, 0.2) is 30.9 Å². The molecule has 2 rings (SSSR count). The van der Waals surface area contributed by atoms with Crippen LogP contribution in [-0.4, -0.2) is 44.3 Å². The number of urea groups is 1. The van der Waals surface area contributed by atoms with E-state index in [2.05, 4.69) is 17.2 Å². The quantitative estimate of drug-likeness (QED) is 0.484. The van der Waals surface area contributed by atoms with Crippen LogP contribution in [-0.2, 0) is 20.7 Å². The maximum atomic E-state index is 11.8. The summed E-state index contributed by atoms with van der Waals surface area (Å²) in [6.45, 7) is 2.73. The van der Waals surface area contributed by atoms with Gasteiger partial charge in [-0.25, -0.2) is 9.59 Å². The number of hydrogen-bond donors (Lipinski definition) is 2. The van der Waals surface area contributed by atoms with Gasteiger partial charge in [0.15, 0.2) is 24.7 Å². The fraction of sp³-hybridized carbons (Fsp3) is 0.476. The van der Waals surface area contributed by atoms with Crippen LogP contribution in [0.25, 0.3) is 0 Å². The zero-order valence-corrected chi connectivity index (χ0v) is 16.7. The number of esters is 1. The highest BCUT2D eigenvalue weighted by Crippen LogP contribution is 2.28. The highest BCUT2D eigenvalue weighted by molar-refractivity contribution is 5.95. The Morgan fingerprint density at radius 3 is 2.59 bits per heavy atom. The Bertz CT molecular complexity index is 728. The number of ether oxygens (including phenoxy) is 3. The lowest BCUT2D eigenvalue weighted by Crippen LogP contribution is -2.46. The summed E-state index contributed by atoms with van der Waals surface area (Å²) >= 11 is 0. The maximum absolute atomic E-state index is 11.8. The Morgan fingerprint density at radius 2 is 1.90 bits per heavy atom. The molecule has 1 aliphatic carbocycles. The fourth-order valence-electron chi connectivity index (χ4n) is 3.08. The third-order valence-electron chi connectivity index (χ3n) is 4.51. The predicted molar refractivity (Wildman–Crippen MR) is 107 cm³/mol. The molecule has 0 atom stereocenters. The standard InChI is InChI=1S/C21H28N2O6/c1-3-7-15-10-11-17(18(12-15)27-2)28-14-20(25)29-13-19(24)23-21(26)22-16-8-5-4-6-9-16/h3,10-12,16H,1,4-9,13-14H2,2H3,(H2,22,23,24,26). The number of benzene rings is 1. The largest absolute Gasteiger partial charge is 0.493 e. The van der Waals surface area contributed by atoms with E-state index in [1.54, 1.807) is 18.2 Å². The van der Waals surface area contributed by atoms with Crippen LogP contribution < -0.4 is 20.1 Å². The van der Waals surface area contributed by atoms with E-state index in [0.29, 0.717) is 17.9 Å². The zero-order chi connectivity index (χ0) is 21.1. The average molecular weight is 404 g/mol. The van der Waals surface area contributed by atoms with Gasteiger partial charge in [-0.05, 0) is 37.0 Å². The Hall–Kier alpha value is -3.03. The van der Waals surface area contributed by atoms with Crippen LogP contribution in [0.4, 0.5) is 4.79 Å². The van der Waals surface area contributed by atoms with Crippen LogP contribution in [0.1, 0.15) is 37.7 Å². The van der Waals surface area contributed by atoms with E-state index in [-0.39, 0.29) is 6.04 Å². The third-order valence-corrected chi connectivity index (χ3v) is 4.51. The number of allylic oxidation sites excluding steroid dienone is 1. The molecule has 8 nitrogen and oxygen atoms in total. The summed E-state index contributed by atoms with van der Waals surface area (Å²) in [4.78, 5) is 35.4.